The van der Waals surface area contributed by atoms with Gasteiger partial charge in [-0.25, -0.2) is 4.98 Å². The van der Waals surface area contributed by atoms with Gasteiger partial charge in [0.2, 0.25) is 5.91 Å². The summed E-state index contributed by atoms with van der Waals surface area (Å²) in [6, 6.07) is 0. The van der Waals surface area contributed by atoms with Gasteiger partial charge in [0.1, 0.15) is 5.82 Å². The second kappa shape index (κ2) is 3.80. The van der Waals surface area contributed by atoms with Crippen LogP contribution < -0.4 is 0 Å². The number of imidazole rings is 1. The molecule has 1 fully saturated rings. The molecule has 1 aromatic rings. The van der Waals surface area contributed by atoms with Crippen LogP contribution in [0.15, 0.2) is 24.5 Å². The molecule has 5 heteroatoms. The highest BCUT2D eigenvalue weighted by Gasteiger charge is 2.52. The first-order valence-corrected chi connectivity index (χ1v) is 6.05. The summed E-state index contributed by atoms with van der Waals surface area (Å²) in [5, 5.41) is 9.31. The van der Waals surface area contributed by atoms with Crippen molar-refractivity contribution in [3.8, 4) is 0 Å². The van der Waals surface area contributed by atoms with Crippen molar-refractivity contribution in [3.05, 3.63) is 30.4 Å². The van der Waals surface area contributed by atoms with Crippen LogP contribution in [-0.2, 0) is 4.79 Å². The summed E-state index contributed by atoms with van der Waals surface area (Å²) in [6.45, 7) is 1.75. The van der Waals surface area contributed by atoms with E-state index < -0.39 is 17.8 Å². The van der Waals surface area contributed by atoms with E-state index in [4.69, 9.17) is 0 Å². The summed E-state index contributed by atoms with van der Waals surface area (Å²) in [7, 11) is 0. The Kier molecular flexibility index (Phi) is 2.36. The first kappa shape index (κ1) is 11.2. The number of hydrogen-bond donors (Lipinski definition) is 1. The molecule has 1 heterocycles. The Hall–Kier alpha value is -1.91. The van der Waals surface area contributed by atoms with Crippen molar-refractivity contribution < 1.29 is 14.7 Å². The molecule has 3 rings (SSSR count). The van der Waals surface area contributed by atoms with Gasteiger partial charge in [0, 0.05) is 12.4 Å². The van der Waals surface area contributed by atoms with E-state index in [1.807, 2.05) is 12.2 Å². The number of hydrogen-bond acceptors (Lipinski definition) is 3. The number of rotatable bonds is 2. The quantitative estimate of drug-likeness (QED) is 0.799. The molecule has 0 aromatic carbocycles. The van der Waals surface area contributed by atoms with E-state index in [1.54, 1.807) is 19.3 Å². The molecular weight excluding hydrogens is 232 g/mol. The molecule has 5 nitrogen and oxygen atoms in total. The minimum Gasteiger partial charge on any atom is -0.481 e. The van der Waals surface area contributed by atoms with Crippen LogP contribution in [0.25, 0.3) is 0 Å². The summed E-state index contributed by atoms with van der Waals surface area (Å²) >= 11 is 0. The lowest BCUT2D eigenvalue weighted by atomic mass is 9.82. The average Bonchev–Trinajstić information content (AvgIpc) is 3.01. The van der Waals surface area contributed by atoms with Gasteiger partial charge >= 0.3 is 5.97 Å². The van der Waals surface area contributed by atoms with Crippen LogP contribution in [0, 0.1) is 30.6 Å². The van der Waals surface area contributed by atoms with E-state index in [9.17, 15) is 14.7 Å². The zero-order valence-electron chi connectivity index (χ0n) is 9.98. The molecule has 2 aliphatic carbocycles. The SMILES string of the molecule is Cc1nccn1C(=O)[C@H]1[C@@H](C(=O)O)[C@H]2C=C[C@H]1C2. The molecule has 0 spiro atoms. The minimum atomic E-state index is -0.872. The fourth-order valence-electron chi connectivity index (χ4n) is 3.27. The Bertz CT molecular complexity index is 546. The van der Waals surface area contributed by atoms with Crippen molar-refractivity contribution in [1.82, 2.24) is 9.55 Å². The van der Waals surface area contributed by atoms with Crippen molar-refractivity contribution in [2.75, 3.05) is 0 Å². The number of carboxylic acids is 1. The van der Waals surface area contributed by atoms with Gasteiger partial charge in [0.05, 0.1) is 11.8 Å². The van der Waals surface area contributed by atoms with Crippen molar-refractivity contribution in [1.29, 1.82) is 0 Å². The first-order valence-electron chi connectivity index (χ1n) is 6.05. The molecule has 0 saturated heterocycles. The number of aryl methyl sites for hydroxylation is 1. The maximum Gasteiger partial charge on any atom is 0.307 e. The number of carboxylic acid groups (broad SMARTS) is 1. The fraction of sp³-hybridized carbons (Fsp3) is 0.462. The van der Waals surface area contributed by atoms with Crippen LogP contribution >= 0.6 is 0 Å². The number of aliphatic carboxylic acids is 1. The fourth-order valence-corrected chi connectivity index (χ4v) is 3.27. The van der Waals surface area contributed by atoms with E-state index in [1.165, 1.54) is 4.57 Å². The van der Waals surface area contributed by atoms with Crippen molar-refractivity contribution in [2.24, 2.45) is 23.7 Å². The van der Waals surface area contributed by atoms with Crippen molar-refractivity contribution >= 4 is 11.9 Å². The lowest BCUT2D eigenvalue weighted by molar-refractivity contribution is -0.143. The second-order valence-electron chi connectivity index (χ2n) is 5.02. The minimum absolute atomic E-state index is 0.00489. The van der Waals surface area contributed by atoms with Gasteiger partial charge < -0.3 is 5.11 Å². The van der Waals surface area contributed by atoms with E-state index in [-0.39, 0.29) is 17.7 Å². The van der Waals surface area contributed by atoms with Crippen molar-refractivity contribution in [2.45, 2.75) is 13.3 Å². The van der Waals surface area contributed by atoms with Crippen LogP contribution in [0.1, 0.15) is 17.0 Å². The predicted octanol–water partition coefficient (Wildman–Crippen LogP) is 1.35. The van der Waals surface area contributed by atoms with Crippen LogP contribution in [0.3, 0.4) is 0 Å². The molecule has 2 aliphatic rings. The Morgan fingerprint density at radius 1 is 1.33 bits per heavy atom. The number of carbonyl (C=O) groups is 2. The standard InChI is InChI=1S/C13H14N2O3/c1-7-14-4-5-15(7)12(16)10-8-2-3-9(6-8)11(10)13(17)18/h2-5,8-11H,6H2,1H3,(H,17,18)/t8-,9-,10+,11-/m0/s1. The summed E-state index contributed by atoms with van der Waals surface area (Å²) in [5.41, 5.74) is 0. The highest BCUT2D eigenvalue weighted by molar-refractivity contribution is 5.88. The number of aromatic nitrogens is 2. The van der Waals surface area contributed by atoms with Crippen molar-refractivity contribution in [3.63, 3.8) is 0 Å². The zero-order chi connectivity index (χ0) is 12.9. The molecule has 4 atom stereocenters. The van der Waals surface area contributed by atoms with Gasteiger partial charge in [-0.3, -0.25) is 14.2 Å². The van der Waals surface area contributed by atoms with Crippen LogP contribution in [0.4, 0.5) is 0 Å². The maximum absolute atomic E-state index is 12.5. The average molecular weight is 246 g/mol. The number of nitrogens with zero attached hydrogens (tertiary/aromatic N) is 2. The number of fused-ring (bicyclic) bond motifs is 2. The van der Waals surface area contributed by atoms with Gasteiger partial charge in [0.25, 0.3) is 0 Å². The van der Waals surface area contributed by atoms with Crippen LogP contribution in [0.5, 0.6) is 0 Å². The van der Waals surface area contributed by atoms with Gasteiger partial charge in [-0.1, -0.05) is 12.2 Å². The lowest BCUT2D eigenvalue weighted by Crippen LogP contribution is -2.36. The molecule has 1 N–H and O–H groups in total. The van der Waals surface area contributed by atoms with Gasteiger partial charge in [-0.2, -0.15) is 0 Å². The Labute approximate surface area is 104 Å². The molecule has 0 aliphatic heterocycles. The summed E-state index contributed by atoms with van der Waals surface area (Å²) in [6.07, 6.45) is 7.87. The topological polar surface area (TPSA) is 72.2 Å². The molecule has 0 radical (unpaired) electrons. The monoisotopic (exact) mass is 246 g/mol. The number of carbonyl (C=O) groups excluding carboxylic acids is 1. The molecule has 18 heavy (non-hydrogen) atoms. The maximum atomic E-state index is 12.5. The molecule has 1 saturated carbocycles. The van der Waals surface area contributed by atoms with E-state index >= 15 is 0 Å². The zero-order valence-corrected chi connectivity index (χ0v) is 9.98. The summed E-state index contributed by atoms with van der Waals surface area (Å²) in [5.74, 6) is -1.39. The third-order valence-corrected chi connectivity index (χ3v) is 4.09. The Morgan fingerprint density at radius 2 is 2.00 bits per heavy atom. The Balaban J connectivity index is 1.96. The lowest BCUT2D eigenvalue weighted by Gasteiger charge is -2.23. The smallest absolute Gasteiger partial charge is 0.307 e. The van der Waals surface area contributed by atoms with Crippen LogP contribution in [-0.4, -0.2) is 26.5 Å². The predicted molar refractivity (Wildman–Crippen MR) is 62.9 cm³/mol. The number of allylic oxidation sites excluding steroid dienone is 2. The molecule has 2 bridgehead atoms. The van der Waals surface area contributed by atoms with E-state index in [0.717, 1.165) is 6.42 Å². The molecular formula is C13H14N2O3. The van der Waals surface area contributed by atoms with Gasteiger partial charge in [0.15, 0.2) is 0 Å². The molecule has 0 unspecified atom stereocenters. The molecule has 1 aromatic heterocycles. The third-order valence-electron chi connectivity index (χ3n) is 4.09. The van der Waals surface area contributed by atoms with Crippen LogP contribution in [0.2, 0.25) is 0 Å². The highest BCUT2D eigenvalue weighted by atomic mass is 16.4. The first-order chi connectivity index (χ1) is 8.59. The molecule has 0 amide bonds. The normalized spacial score (nSPS) is 32.9. The van der Waals surface area contributed by atoms with E-state index in [0.29, 0.717) is 5.82 Å². The largest absolute Gasteiger partial charge is 0.481 e. The second-order valence-corrected chi connectivity index (χ2v) is 5.02. The third kappa shape index (κ3) is 1.43. The highest BCUT2D eigenvalue weighted by Crippen LogP contribution is 2.48. The Morgan fingerprint density at radius 3 is 2.56 bits per heavy atom. The molecule has 94 valence electrons. The van der Waals surface area contributed by atoms with E-state index in [2.05, 4.69) is 4.98 Å². The summed E-state index contributed by atoms with van der Waals surface area (Å²) < 4.78 is 1.47. The van der Waals surface area contributed by atoms with Gasteiger partial charge in [-0.15, -0.1) is 0 Å². The van der Waals surface area contributed by atoms with Gasteiger partial charge in [-0.05, 0) is 25.2 Å². The summed E-state index contributed by atoms with van der Waals surface area (Å²) in [4.78, 5) is 27.8.